The van der Waals surface area contributed by atoms with Crippen molar-refractivity contribution in [1.29, 1.82) is 0 Å². The Morgan fingerprint density at radius 3 is 2.89 bits per heavy atom. The second-order valence-electron chi connectivity index (χ2n) is 4.16. The van der Waals surface area contributed by atoms with Crippen molar-refractivity contribution in [2.24, 2.45) is 0 Å². The first-order valence-electron chi connectivity index (χ1n) is 5.62. The molecule has 1 unspecified atom stereocenters. The average molecular weight is 254 g/mol. The third-order valence-electron chi connectivity index (χ3n) is 3.03. The lowest BCUT2D eigenvalue weighted by Gasteiger charge is -2.37. The van der Waals surface area contributed by atoms with Crippen LogP contribution in [0.1, 0.15) is 6.92 Å². The van der Waals surface area contributed by atoms with Gasteiger partial charge in [0, 0.05) is 20.1 Å². The maximum atomic E-state index is 13.2. The van der Waals surface area contributed by atoms with Crippen LogP contribution in [-0.2, 0) is 4.79 Å². The van der Waals surface area contributed by atoms with Crippen LogP contribution in [0.2, 0.25) is 0 Å². The lowest BCUT2D eigenvalue weighted by molar-refractivity contribution is -0.132. The van der Waals surface area contributed by atoms with Crippen LogP contribution in [0.4, 0.5) is 10.3 Å². The molecule has 18 heavy (non-hydrogen) atoms. The van der Waals surface area contributed by atoms with E-state index in [1.54, 1.807) is 23.8 Å². The first kappa shape index (κ1) is 12.5. The van der Waals surface area contributed by atoms with Crippen molar-refractivity contribution in [3.63, 3.8) is 0 Å². The fourth-order valence-electron chi connectivity index (χ4n) is 1.91. The summed E-state index contributed by atoms with van der Waals surface area (Å²) in [6.07, 6.45) is 1.05. The van der Waals surface area contributed by atoms with E-state index < -0.39 is 5.82 Å². The summed E-state index contributed by atoms with van der Waals surface area (Å²) in [6, 6.07) is -0.362. The number of likely N-dealkylation sites (N-methyl/N-ethyl adjacent to an activating group) is 1. The number of halogens is 1. The topological polar surface area (TPSA) is 58.6 Å². The van der Waals surface area contributed by atoms with Crippen LogP contribution in [0.15, 0.2) is 6.20 Å². The summed E-state index contributed by atoms with van der Waals surface area (Å²) >= 11 is 0. The Kier molecular flexibility index (Phi) is 3.31. The fraction of sp³-hybridized carbons (Fsp3) is 0.545. The molecule has 1 atom stereocenters. The highest BCUT2D eigenvalue weighted by molar-refractivity contribution is 5.85. The number of anilines is 1. The van der Waals surface area contributed by atoms with Crippen molar-refractivity contribution in [1.82, 2.24) is 14.9 Å². The summed E-state index contributed by atoms with van der Waals surface area (Å²) in [6.45, 7) is 2.97. The average Bonchev–Trinajstić information content (AvgIpc) is 2.37. The van der Waals surface area contributed by atoms with Gasteiger partial charge in [-0.05, 0) is 6.92 Å². The van der Waals surface area contributed by atoms with Crippen molar-refractivity contribution < 1.29 is 13.9 Å². The number of aromatic nitrogens is 2. The van der Waals surface area contributed by atoms with Gasteiger partial charge < -0.3 is 14.5 Å². The van der Waals surface area contributed by atoms with E-state index in [0.29, 0.717) is 19.0 Å². The Morgan fingerprint density at radius 1 is 1.50 bits per heavy atom. The molecule has 1 amide bonds. The van der Waals surface area contributed by atoms with Gasteiger partial charge in [0.15, 0.2) is 0 Å². The molecule has 1 fully saturated rings. The van der Waals surface area contributed by atoms with Gasteiger partial charge in [-0.25, -0.2) is 4.98 Å². The number of rotatable bonds is 2. The Bertz CT molecular complexity index is 468. The number of amides is 1. The second kappa shape index (κ2) is 4.75. The van der Waals surface area contributed by atoms with Gasteiger partial charge in [-0.3, -0.25) is 4.79 Å². The van der Waals surface area contributed by atoms with Gasteiger partial charge in [-0.15, -0.1) is 0 Å². The van der Waals surface area contributed by atoms with E-state index in [1.165, 1.54) is 7.11 Å². The standard InChI is InChI=1S/C11H15FN4O2/c1-7-10(17)15(2)4-5-16(7)11-13-6-8(12)9(14-11)18-3/h6-7H,4-5H2,1-3H3. The summed E-state index contributed by atoms with van der Waals surface area (Å²) in [5.74, 6) is -0.428. The molecule has 0 aliphatic carbocycles. The lowest BCUT2D eigenvalue weighted by atomic mass is 10.2. The third kappa shape index (κ3) is 2.07. The SMILES string of the molecule is COc1nc(N2CCN(C)C(=O)C2C)ncc1F. The maximum Gasteiger partial charge on any atom is 0.255 e. The van der Waals surface area contributed by atoms with Crippen LogP contribution >= 0.6 is 0 Å². The van der Waals surface area contributed by atoms with E-state index in [4.69, 9.17) is 4.74 Å². The highest BCUT2D eigenvalue weighted by Crippen LogP contribution is 2.20. The van der Waals surface area contributed by atoms with Crippen molar-refractivity contribution >= 4 is 11.9 Å². The number of ether oxygens (including phenoxy) is 1. The number of carbonyl (C=O) groups excluding carboxylic acids is 1. The molecule has 1 aromatic heterocycles. The van der Waals surface area contributed by atoms with Crippen LogP contribution in [-0.4, -0.2) is 54.1 Å². The molecule has 0 radical (unpaired) electrons. The van der Waals surface area contributed by atoms with Crippen molar-refractivity contribution in [3.8, 4) is 5.88 Å². The summed E-state index contributed by atoms with van der Waals surface area (Å²) in [4.78, 5) is 23.1. The minimum absolute atomic E-state index is 0.00635. The summed E-state index contributed by atoms with van der Waals surface area (Å²) in [7, 11) is 3.09. The van der Waals surface area contributed by atoms with E-state index in [-0.39, 0.29) is 17.8 Å². The molecule has 0 saturated carbocycles. The maximum absolute atomic E-state index is 13.2. The largest absolute Gasteiger partial charge is 0.479 e. The van der Waals surface area contributed by atoms with E-state index in [9.17, 15) is 9.18 Å². The smallest absolute Gasteiger partial charge is 0.255 e. The second-order valence-corrected chi connectivity index (χ2v) is 4.16. The zero-order valence-corrected chi connectivity index (χ0v) is 10.6. The summed E-state index contributed by atoms with van der Waals surface area (Å²) < 4.78 is 18.0. The Hall–Kier alpha value is -1.92. The molecule has 1 aliphatic heterocycles. The first-order chi connectivity index (χ1) is 8.54. The predicted octanol–water partition coefficient (Wildman–Crippen LogP) is 0.291. The van der Waals surface area contributed by atoms with Gasteiger partial charge in [0.1, 0.15) is 6.04 Å². The molecule has 1 aromatic rings. The zero-order valence-electron chi connectivity index (χ0n) is 10.6. The van der Waals surface area contributed by atoms with Gasteiger partial charge in [0.2, 0.25) is 17.7 Å². The zero-order chi connectivity index (χ0) is 13.3. The van der Waals surface area contributed by atoms with E-state index >= 15 is 0 Å². The van der Waals surface area contributed by atoms with Crippen LogP contribution in [0.3, 0.4) is 0 Å². The van der Waals surface area contributed by atoms with Crippen LogP contribution < -0.4 is 9.64 Å². The number of piperazine rings is 1. The minimum Gasteiger partial charge on any atom is -0.479 e. The molecule has 1 saturated heterocycles. The van der Waals surface area contributed by atoms with Gasteiger partial charge >= 0.3 is 0 Å². The lowest BCUT2D eigenvalue weighted by Crippen LogP contribution is -2.55. The number of nitrogens with zero attached hydrogens (tertiary/aromatic N) is 4. The summed E-state index contributed by atoms with van der Waals surface area (Å²) in [5, 5.41) is 0. The van der Waals surface area contributed by atoms with Crippen LogP contribution in [0.25, 0.3) is 0 Å². The van der Waals surface area contributed by atoms with Crippen LogP contribution in [0.5, 0.6) is 5.88 Å². The monoisotopic (exact) mass is 254 g/mol. The quantitative estimate of drug-likeness (QED) is 0.759. The predicted molar refractivity (Wildman–Crippen MR) is 63.0 cm³/mol. The van der Waals surface area contributed by atoms with Gasteiger partial charge in [0.25, 0.3) is 5.88 Å². The summed E-state index contributed by atoms with van der Waals surface area (Å²) in [5.41, 5.74) is 0. The van der Waals surface area contributed by atoms with E-state index in [0.717, 1.165) is 6.20 Å². The molecule has 7 heteroatoms. The molecule has 0 bridgehead atoms. The molecule has 0 aromatic carbocycles. The van der Waals surface area contributed by atoms with Crippen molar-refractivity contribution in [3.05, 3.63) is 12.0 Å². The fourth-order valence-corrected chi connectivity index (χ4v) is 1.91. The van der Waals surface area contributed by atoms with Crippen molar-refractivity contribution in [2.75, 3.05) is 32.1 Å². The molecule has 6 nitrogen and oxygen atoms in total. The molecule has 2 heterocycles. The Balaban J connectivity index is 2.29. The molecule has 1 aliphatic rings. The normalized spacial score (nSPS) is 20.2. The third-order valence-corrected chi connectivity index (χ3v) is 3.03. The van der Waals surface area contributed by atoms with E-state index in [1.807, 2.05) is 0 Å². The van der Waals surface area contributed by atoms with Gasteiger partial charge in [0.05, 0.1) is 13.3 Å². The Morgan fingerprint density at radius 2 is 2.22 bits per heavy atom. The van der Waals surface area contributed by atoms with Gasteiger partial charge in [-0.1, -0.05) is 0 Å². The molecular weight excluding hydrogens is 239 g/mol. The van der Waals surface area contributed by atoms with E-state index in [2.05, 4.69) is 9.97 Å². The first-order valence-corrected chi connectivity index (χ1v) is 5.62. The molecule has 98 valence electrons. The number of methoxy groups -OCH3 is 1. The van der Waals surface area contributed by atoms with Gasteiger partial charge in [-0.2, -0.15) is 9.37 Å². The highest BCUT2D eigenvalue weighted by Gasteiger charge is 2.31. The molecular formula is C11H15FN4O2. The number of carbonyl (C=O) groups is 1. The highest BCUT2D eigenvalue weighted by atomic mass is 19.1. The molecule has 2 rings (SSSR count). The van der Waals surface area contributed by atoms with Crippen molar-refractivity contribution in [2.45, 2.75) is 13.0 Å². The molecule has 0 spiro atoms. The van der Waals surface area contributed by atoms with Crippen LogP contribution in [0, 0.1) is 5.82 Å². The number of hydrogen-bond acceptors (Lipinski definition) is 5. The minimum atomic E-state index is -0.616. The Labute approximate surface area is 104 Å². The molecule has 0 N–H and O–H groups in total. The number of hydrogen-bond donors (Lipinski definition) is 0.